The van der Waals surface area contributed by atoms with Crippen molar-refractivity contribution in [2.75, 3.05) is 52.9 Å². The van der Waals surface area contributed by atoms with E-state index in [-0.39, 0.29) is 6.61 Å². The molecule has 0 unspecified atom stereocenters. The fourth-order valence-electron chi connectivity index (χ4n) is 2.50. The van der Waals surface area contributed by atoms with E-state index >= 15 is 0 Å². The number of carbonyl (C=O) groups is 1. The van der Waals surface area contributed by atoms with Crippen molar-refractivity contribution in [2.24, 2.45) is 0 Å². The fourth-order valence-corrected chi connectivity index (χ4v) is 2.50. The maximum absolute atomic E-state index is 10.8. The first-order chi connectivity index (χ1) is 15.2. The summed E-state index contributed by atoms with van der Waals surface area (Å²) in [5, 5.41) is 8.86. The van der Waals surface area contributed by atoms with Gasteiger partial charge in [0, 0.05) is 6.08 Å². The van der Waals surface area contributed by atoms with Gasteiger partial charge < -0.3 is 23.7 Å². The van der Waals surface area contributed by atoms with Crippen molar-refractivity contribution in [2.45, 2.75) is 0 Å². The van der Waals surface area contributed by atoms with Gasteiger partial charge in [0.05, 0.1) is 51.3 Å². The van der Waals surface area contributed by atoms with Crippen LogP contribution in [-0.2, 0) is 23.7 Å². The Morgan fingerprint density at radius 1 is 0.774 bits per heavy atom. The molecule has 0 fully saturated rings. The van der Waals surface area contributed by atoms with Gasteiger partial charge in [-0.2, -0.15) is 5.26 Å². The van der Waals surface area contributed by atoms with E-state index in [0.717, 1.165) is 23.0 Å². The lowest BCUT2D eigenvalue weighted by atomic mass is 10.0. The van der Waals surface area contributed by atoms with Crippen LogP contribution in [0.5, 0.6) is 5.75 Å². The van der Waals surface area contributed by atoms with Crippen molar-refractivity contribution >= 4 is 5.97 Å². The van der Waals surface area contributed by atoms with Crippen molar-refractivity contribution in [1.29, 1.82) is 5.26 Å². The summed E-state index contributed by atoms with van der Waals surface area (Å²) in [5.41, 5.74) is 2.76. The van der Waals surface area contributed by atoms with Gasteiger partial charge >= 0.3 is 5.97 Å². The van der Waals surface area contributed by atoms with E-state index in [1.54, 1.807) is 12.1 Å². The van der Waals surface area contributed by atoms with Gasteiger partial charge in [-0.1, -0.05) is 30.8 Å². The minimum atomic E-state index is -0.457. The molecule has 0 aliphatic heterocycles. The molecule has 0 N–H and O–H groups in total. The van der Waals surface area contributed by atoms with Crippen molar-refractivity contribution in [3.8, 4) is 22.9 Å². The first-order valence-electron chi connectivity index (χ1n) is 9.99. The van der Waals surface area contributed by atoms with E-state index in [0.29, 0.717) is 51.8 Å². The van der Waals surface area contributed by atoms with Crippen LogP contribution in [0, 0.1) is 11.3 Å². The van der Waals surface area contributed by atoms with Crippen LogP contribution in [0.3, 0.4) is 0 Å². The summed E-state index contributed by atoms with van der Waals surface area (Å²) in [6, 6.07) is 17.4. The summed E-state index contributed by atoms with van der Waals surface area (Å²) in [4.78, 5) is 10.8. The molecule has 0 saturated carbocycles. The quantitative estimate of drug-likeness (QED) is 0.246. The van der Waals surface area contributed by atoms with E-state index in [4.69, 9.17) is 28.9 Å². The van der Waals surface area contributed by atoms with E-state index in [9.17, 15) is 4.79 Å². The lowest BCUT2D eigenvalue weighted by molar-refractivity contribution is -0.139. The second-order valence-electron chi connectivity index (χ2n) is 6.27. The number of hydrogen-bond donors (Lipinski definition) is 0. The number of esters is 1. The van der Waals surface area contributed by atoms with E-state index < -0.39 is 5.97 Å². The van der Waals surface area contributed by atoms with Crippen molar-refractivity contribution < 1.29 is 28.5 Å². The largest absolute Gasteiger partial charge is 0.491 e. The van der Waals surface area contributed by atoms with Crippen LogP contribution in [0.15, 0.2) is 61.2 Å². The number of carbonyl (C=O) groups excluding carboxylic acids is 1. The molecule has 0 radical (unpaired) electrons. The zero-order valence-corrected chi connectivity index (χ0v) is 17.5. The van der Waals surface area contributed by atoms with Crippen molar-refractivity contribution in [1.82, 2.24) is 0 Å². The predicted molar refractivity (Wildman–Crippen MR) is 116 cm³/mol. The third kappa shape index (κ3) is 9.92. The highest BCUT2D eigenvalue weighted by Crippen LogP contribution is 2.22. The number of nitrogens with zero attached hydrogens (tertiary/aromatic N) is 1. The average Bonchev–Trinajstić information content (AvgIpc) is 2.82. The Hall–Kier alpha value is -3.18. The Bertz CT molecular complexity index is 827. The van der Waals surface area contributed by atoms with E-state index in [2.05, 4.69) is 12.6 Å². The Labute approximate surface area is 182 Å². The Morgan fingerprint density at radius 3 is 1.77 bits per heavy atom. The van der Waals surface area contributed by atoms with Crippen LogP contribution in [0.2, 0.25) is 0 Å². The molecule has 0 heterocycles. The zero-order chi connectivity index (χ0) is 22.2. The second kappa shape index (κ2) is 14.7. The van der Waals surface area contributed by atoms with Gasteiger partial charge in [-0.05, 0) is 35.4 Å². The van der Waals surface area contributed by atoms with Gasteiger partial charge in [0.15, 0.2) is 0 Å². The van der Waals surface area contributed by atoms with Gasteiger partial charge in [-0.3, -0.25) is 0 Å². The molecule has 2 rings (SSSR count). The molecule has 2 aromatic carbocycles. The van der Waals surface area contributed by atoms with Crippen LogP contribution in [0.4, 0.5) is 0 Å². The number of nitriles is 1. The lowest BCUT2D eigenvalue weighted by Gasteiger charge is -2.09. The minimum absolute atomic E-state index is 0.201. The van der Waals surface area contributed by atoms with Gasteiger partial charge in [-0.15, -0.1) is 0 Å². The number of hydrogen-bond acceptors (Lipinski definition) is 7. The molecule has 0 atom stereocenters. The second-order valence-corrected chi connectivity index (χ2v) is 6.27. The molecule has 2 aromatic rings. The highest BCUT2D eigenvalue weighted by Gasteiger charge is 2.00. The molecular weight excluding hydrogens is 398 g/mol. The average molecular weight is 425 g/mol. The van der Waals surface area contributed by atoms with E-state index in [1.165, 1.54) is 0 Å². The zero-order valence-electron chi connectivity index (χ0n) is 17.5. The van der Waals surface area contributed by atoms with Crippen LogP contribution >= 0.6 is 0 Å². The van der Waals surface area contributed by atoms with Gasteiger partial charge in [0.25, 0.3) is 0 Å². The first kappa shape index (κ1) is 24.1. The Kier molecular flexibility index (Phi) is 11.5. The third-order valence-corrected chi connectivity index (χ3v) is 4.08. The van der Waals surface area contributed by atoms with Gasteiger partial charge in [-0.25, -0.2) is 4.79 Å². The summed E-state index contributed by atoms with van der Waals surface area (Å²) < 4.78 is 26.6. The smallest absolute Gasteiger partial charge is 0.330 e. The maximum atomic E-state index is 10.8. The Morgan fingerprint density at radius 2 is 1.26 bits per heavy atom. The van der Waals surface area contributed by atoms with Crippen LogP contribution in [0.1, 0.15) is 5.56 Å². The molecule has 0 aliphatic rings. The summed E-state index contributed by atoms with van der Waals surface area (Å²) in [6.45, 7) is 6.55. The molecule has 164 valence electrons. The fraction of sp³-hybridized carbons (Fsp3) is 0.333. The molecule has 7 nitrogen and oxygen atoms in total. The number of rotatable bonds is 15. The molecule has 0 spiro atoms. The van der Waals surface area contributed by atoms with E-state index in [1.807, 2.05) is 36.4 Å². The summed E-state index contributed by atoms with van der Waals surface area (Å²) in [5.74, 6) is 0.314. The first-order valence-corrected chi connectivity index (χ1v) is 9.99. The SMILES string of the molecule is C=CC(=O)OCCOCCOCCOCCOc1ccc(-c2ccc(C#N)cc2)cc1. The molecular formula is C24H27NO6. The summed E-state index contributed by atoms with van der Waals surface area (Å²) >= 11 is 0. The molecule has 0 amide bonds. The van der Waals surface area contributed by atoms with Gasteiger partial charge in [0.1, 0.15) is 19.0 Å². The molecule has 0 aromatic heterocycles. The lowest BCUT2D eigenvalue weighted by Crippen LogP contribution is -2.14. The van der Waals surface area contributed by atoms with Crippen molar-refractivity contribution in [3.63, 3.8) is 0 Å². The predicted octanol–water partition coefficient (Wildman–Crippen LogP) is 3.38. The number of ether oxygens (including phenoxy) is 5. The maximum Gasteiger partial charge on any atom is 0.330 e. The van der Waals surface area contributed by atoms with Crippen LogP contribution in [0.25, 0.3) is 11.1 Å². The van der Waals surface area contributed by atoms with Crippen LogP contribution < -0.4 is 4.74 Å². The molecule has 0 saturated heterocycles. The monoisotopic (exact) mass is 425 g/mol. The summed E-state index contributed by atoms with van der Waals surface area (Å²) in [6.07, 6.45) is 1.11. The molecule has 0 aliphatic carbocycles. The Balaban J connectivity index is 1.46. The third-order valence-electron chi connectivity index (χ3n) is 4.08. The highest BCUT2D eigenvalue weighted by atomic mass is 16.6. The molecule has 7 heteroatoms. The normalized spacial score (nSPS) is 10.3. The highest BCUT2D eigenvalue weighted by molar-refractivity contribution is 5.81. The topological polar surface area (TPSA) is 87.0 Å². The summed E-state index contributed by atoms with van der Waals surface area (Å²) in [7, 11) is 0. The number of benzene rings is 2. The molecule has 31 heavy (non-hydrogen) atoms. The van der Waals surface area contributed by atoms with Gasteiger partial charge in [0.2, 0.25) is 0 Å². The van der Waals surface area contributed by atoms with Crippen LogP contribution in [-0.4, -0.2) is 58.8 Å². The molecule has 0 bridgehead atoms. The standard InChI is InChI=1S/C24H27NO6/c1-2-24(26)31-18-16-29-14-12-27-11-13-28-15-17-30-23-9-7-22(8-10-23)21-5-3-20(19-25)4-6-21/h2-10H,1,11-18H2. The minimum Gasteiger partial charge on any atom is -0.491 e. The van der Waals surface area contributed by atoms with Crippen molar-refractivity contribution in [3.05, 3.63) is 66.7 Å².